The predicted octanol–water partition coefficient (Wildman–Crippen LogP) is 9.32. The highest BCUT2D eigenvalue weighted by Crippen LogP contribution is 2.49. The maximum absolute atomic E-state index is 14.5. The third kappa shape index (κ3) is 9.94. The number of nitro benzene ring substituents is 1. The summed E-state index contributed by atoms with van der Waals surface area (Å²) < 4.78 is 37.5. The molecule has 13 nitrogen and oxygen atoms in total. The molecular weight excluding hydrogens is 826 g/mol. The van der Waals surface area contributed by atoms with Gasteiger partial charge in [-0.1, -0.05) is 61.4 Å². The van der Waals surface area contributed by atoms with Gasteiger partial charge in [0.25, 0.3) is 15.9 Å². The minimum Gasteiger partial charge on any atom is -0.449 e. The number of ether oxygens (including phenoxy) is 1. The SMILES string of the molecule is CC1(C)CCC(CN2CCN(c3cc(S(=O)(=O)NC(=O)c4ccccc4)c(Oc4ccc5[nH]ccc5c4)c([N+](=O)[O-])c3NCCCN3CCCC3)CC2)=C(c2ccc(Cl)cc2)C1. The van der Waals surface area contributed by atoms with Crippen molar-refractivity contribution in [2.24, 2.45) is 5.41 Å². The summed E-state index contributed by atoms with van der Waals surface area (Å²) in [5.74, 6) is -1.15. The average molecular weight is 881 g/mol. The van der Waals surface area contributed by atoms with Crippen LogP contribution < -0.4 is 19.7 Å². The first-order chi connectivity index (χ1) is 29.8. The van der Waals surface area contributed by atoms with Gasteiger partial charge >= 0.3 is 5.69 Å². The van der Waals surface area contributed by atoms with Crippen molar-refractivity contribution in [3.05, 3.63) is 123 Å². The highest BCUT2D eigenvalue weighted by Gasteiger charge is 2.38. The molecule has 2 saturated heterocycles. The van der Waals surface area contributed by atoms with E-state index in [0.717, 1.165) is 75.6 Å². The van der Waals surface area contributed by atoms with Crippen LogP contribution in [0.2, 0.25) is 5.02 Å². The van der Waals surface area contributed by atoms with E-state index in [0.29, 0.717) is 43.4 Å². The second-order valence-corrected chi connectivity index (χ2v) is 19.4. The number of nitrogens with one attached hydrogen (secondary N) is 3. The smallest absolute Gasteiger partial charge is 0.338 e. The van der Waals surface area contributed by atoms with E-state index in [2.05, 4.69) is 50.8 Å². The van der Waals surface area contributed by atoms with Crippen molar-refractivity contribution < 1.29 is 22.9 Å². The van der Waals surface area contributed by atoms with Crippen molar-refractivity contribution in [3.8, 4) is 11.5 Å². The van der Waals surface area contributed by atoms with Crippen molar-refractivity contribution in [1.82, 2.24) is 19.5 Å². The lowest BCUT2D eigenvalue weighted by molar-refractivity contribution is -0.384. The Morgan fingerprint density at radius 1 is 0.935 bits per heavy atom. The summed E-state index contributed by atoms with van der Waals surface area (Å²) >= 11 is 6.27. The number of hydrogen-bond acceptors (Lipinski definition) is 10. The van der Waals surface area contributed by atoms with Crippen LogP contribution in [0.15, 0.2) is 102 Å². The van der Waals surface area contributed by atoms with Crippen molar-refractivity contribution in [3.63, 3.8) is 0 Å². The number of aromatic nitrogens is 1. The Bertz CT molecular complexity index is 2560. The van der Waals surface area contributed by atoms with Gasteiger partial charge in [-0.15, -0.1) is 0 Å². The number of halogens is 1. The van der Waals surface area contributed by atoms with Gasteiger partial charge in [-0.3, -0.25) is 19.8 Å². The summed E-state index contributed by atoms with van der Waals surface area (Å²) in [5, 5.41) is 18.3. The normalized spacial score (nSPS) is 17.4. The predicted molar refractivity (Wildman–Crippen MR) is 246 cm³/mol. The Morgan fingerprint density at radius 3 is 2.40 bits per heavy atom. The van der Waals surface area contributed by atoms with Crippen molar-refractivity contribution >= 4 is 61.1 Å². The van der Waals surface area contributed by atoms with Crippen LogP contribution in [0, 0.1) is 15.5 Å². The number of anilines is 2. The molecule has 0 saturated carbocycles. The maximum atomic E-state index is 14.5. The summed E-state index contributed by atoms with van der Waals surface area (Å²) in [6.07, 6.45) is 7.82. The molecule has 4 aromatic carbocycles. The molecule has 3 aliphatic rings. The maximum Gasteiger partial charge on any atom is 0.338 e. The molecule has 326 valence electrons. The Balaban J connectivity index is 1.16. The van der Waals surface area contributed by atoms with Crippen molar-refractivity contribution in [2.45, 2.75) is 57.3 Å². The zero-order chi connectivity index (χ0) is 43.4. The molecule has 0 radical (unpaired) electrons. The van der Waals surface area contributed by atoms with Crippen LogP contribution in [-0.2, 0) is 10.0 Å². The molecule has 62 heavy (non-hydrogen) atoms. The number of hydrogen-bond donors (Lipinski definition) is 3. The Hall–Kier alpha value is -5.41. The fraction of sp³-hybridized carbons (Fsp3) is 0.383. The summed E-state index contributed by atoms with van der Waals surface area (Å²) in [5.41, 5.74) is 5.07. The van der Waals surface area contributed by atoms with Crippen LogP contribution in [0.5, 0.6) is 11.5 Å². The molecule has 15 heteroatoms. The molecule has 1 aromatic heterocycles. The molecule has 1 amide bonds. The van der Waals surface area contributed by atoms with Crippen LogP contribution >= 0.6 is 11.6 Å². The number of nitrogens with zero attached hydrogens (tertiary/aromatic N) is 4. The molecule has 3 heterocycles. The quantitative estimate of drug-likeness (QED) is 0.0527. The lowest BCUT2D eigenvalue weighted by Crippen LogP contribution is -2.47. The number of aromatic amines is 1. The van der Waals surface area contributed by atoms with E-state index in [1.807, 2.05) is 23.1 Å². The molecule has 2 fully saturated rings. The van der Waals surface area contributed by atoms with Gasteiger partial charge in [-0.2, -0.15) is 0 Å². The molecule has 1 aliphatic carbocycles. The lowest BCUT2D eigenvalue weighted by atomic mass is 9.72. The minimum absolute atomic E-state index is 0.120. The lowest BCUT2D eigenvalue weighted by Gasteiger charge is -2.40. The number of H-pyrrole nitrogens is 1. The third-order valence-electron chi connectivity index (χ3n) is 12.3. The first kappa shape index (κ1) is 43.2. The summed E-state index contributed by atoms with van der Waals surface area (Å²) in [6, 6.07) is 24.4. The molecule has 2 aliphatic heterocycles. The van der Waals surface area contributed by atoms with E-state index in [1.165, 1.54) is 34.9 Å². The number of fused-ring (bicyclic) bond motifs is 1. The first-order valence-electron chi connectivity index (χ1n) is 21.5. The monoisotopic (exact) mass is 879 g/mol. The van der Waals surface area contributed by atoms with Crippen LogP contribution in [0.4, 0.5) is 17.1 Å². The number of benzene rings is 4. The standard InChI is InChI=1S/C47H54ClN7O6S/c1-47(2)19-17-36(39(31-47)33-11-13-37(48)14-12-33)32-53-25-27-54(28-26-53)41-30-42(62(59,60)51-46(56)34-9-4-3-5-10-34)45(61-38-15-16-40-35(29-38)18-21-49-40)44(55(57)58)43(41)50-20-8-24-52-22-6-7-23-52/h3-5,9-16,18,21,29-30,49-50H,6-8,17,19-20,22-28,31-32H2,1-2H3,(H,51,56). The first-order valence-corrected chi connectivity index (χ1v) is 23.3. The number of carbonyl (C=O) groups is 1. The van der Waals surface area contributed by atoms with Gasteiger partial charge in [0.05, 0.1) is 10.6 Å². The number of likely N-dealkylation sites (tertiary alicyclic amines) is 1. The molecule has 5 aromatic rings. The summed E-state index contributed by atoms with van der Waals surface area (Å²) in [7, 11) is -4.76. The number of sulfonamides is 1. The Kier molecular flexibility index (Phi) is 12.9. The average Bonchev–Trinajstić information content (AvgIpc) is 3.96. The number of allylic oxidation sites excluding steroid dienone is 1. The van der Waals surface area contributed by atoms with Crippen LogP contribution in [0.1, 0.15) is 68.3 Å². The van der Waals surface area contributed by atoms with Gasteiger partial charge in [0.15, 0.2) is 0 Å². The summed E-state index contributed by atoms with van der Waals surface area (Å²) in [6.45, 7) is 11.0. The second kappa shape index (κ2) is 18.5. The molecule has 0 spiro atoms. The molecule has 0 unspecified atom stereocenters. The van der Waals surface area contributed by atoms with E-state index < -0.39 is 37.2 Å². The number of carbonyl (C=O) groups excluding carboxylic acids is 1. The molecule has 0 atom stereocenters. The Morgan fingerprint density at radius 2 is 1.68 bits per heavy atom. The number of rotatable bonds is 15. The van der Waals surface area contributed by atoms with Gasteiger partial charge in [-0.25, -0.2) is 13.1 Å². The number of piperazine rings is 1. The van der Waals surface area contributed by atoms with Crippen molar-refractivity contribution in [1.29, 1.82) is 0 Å². The van der Waals surface area contributed by atoms with E-state index in [-0.39, 0.29) is 22.4 Å². The summed E-state index contributed by atoms with van der Waals surface area (Å²) in [4.78, 5) is 35.7. The van der Waals surface area contributed by atoms with Crippen molar-refractivity contribution in [2.75, 3.05) is 69.1 Å². The molecule has 8 rings (SSSR count). The molecule has 3 N–H and O–H groups in total. The zero-order valence-corrected chi connectivity index (χ0v) is 36.9. The second-order valence-electron chi connectivity index (χ2n) is 17.4. The third-order valence-corrected chi connectivity index (χ3v) is 13.9. The van der Waals surface area contributed by atoms with Crippen LogP contribution in [0.25, 0.3) is 16.5 Å². The fourth-order valence-electron chi connectivity index (χ4n) is 8.95. The van der Waals surface area contributed by atoms with E-state index in [4.69, 9.17) is 16.3 Å². The van der Waals surface area contributed by atoms with E-state index in [1.54, 1.807) is 42.6 Å². The highest BCUT2D eigenvalue weighted by atomic mass is 35.5. The topological polar surface area (TPSA) is 153 Å². The van der Waals surface area contributed by atoms with Gasteiger partial charge in [0.2, 0.25) is 5.75 Å². The highest BCUT2D eigenvalue weighted by molar-refractivity contribution is 7.90. The van der Waals surface area contributed by atoms with E-state index in [9.17, 15) is 23.3 Å². The number of nitro groups is 1. The Labute approximate surface area is 368 Å². The van der Waals surface area contributed by atoms with Crippen LogP contribution in [0.3, 0.4) is 0 Å². The zero-order valence-electron chi connectivity index (χ0n) is 35.3. The van der Waals surface area contributed by atoms with Gasteiger partial charge in [0.1, 0.15) is 16.3 Å². The van der Waals surface area contributed by atoms with Gasteiger partial charge < -0.3 is 24.8 Å². The minimum atomic E-state index is -4.76. The number of amides is 1. The largest absolute Gasteiger partial charge is 0.449 e. The molecule has 0 bridgehead atoms. The van der Waals surface area contributed by atoms with E-state index >= 15 is 0 Å². The fourth-order valence-corrected chi connectivity index (χ4v) is 10.2. The van der Waals surface area contributed by atoms with Gasteiger partial charge in [-0.05, 0) is 129 Å². The molecular formula is C47H54ClN7O6S. The van der Waals surface area contributed by atoms with Gasteiger partial charge in [0, 0.05) is 67.0 Å². The van der Waals surface area contributed by atoms with Crippen LogP contribution in [-0.4, -0.2) is 92.9 Å².